The zero-order valence-corrected chi connectivity index (χ0v) is 18.4. The number of hydrogen-bond acceptors (Lipinski definition) is 12. The van der Waals surface area contributed by atoms with Gasteiger partial charge < -0.3 is 0 Å². The molecule has 0 aliphatic heterocycles. The molecule has 0 amide bonds. The van der Waals surface area contributed by atoms with Crippen molar-refractivity contribution in [3.63, 3.8) is 0 Å². The van der Waals surface area contributed by atoms with Crippen LogP contribution in [0.5, 0.6) is 0 Å². The third kappa shape index (κ3) is 2.73. The maximum atomic E-state index is 8.59. The van der Waals surface area contributed by atoms with Crippen molar-refractivity contribution in [1.82, 2.24) is 0 Å². The maximum Gasteiger partial charge on any atom is 4.00 e. The average molecular weight is 598 g/mol. The van der Waals surface area contributed by atoms with Crippen LogP contribution >= 0.6 is 0 Å². The topological polar surface area (TPSA) is 285 Å². The molecule has 0 radical (unpaired) electrons. The van der Waals surface area contributed by atoms with Gasteiger partial charge in [-0.05, 0) is 0 Å². The van der Waals surface area contributed by atoms with Crippen LogP contribution in [0, 0.1) is 121 Å². The Morgan fingerprint density at radius 3 is 0.333 bits per heavy atom. The predicted molar refractivity (Wildman–Crippen MR) is 67.4 cm³/mol. The van der Waals surface area contributed by atoms with E-state index in [4.69, 9.17) is 63.1 Å². The molecule has 0 aliphatic carbocycles. The summed E-state index contributed by atoms with van der Waals surface area (Å²) in [6.45, 7) is 0. The van der Waals surface area contributed by atoms with Gasteiger partial charge in [0.05, 0.1) is 0 Å². The van der Waals surface area contributed by atoms with E-state index < -0.39 is 23.5 Å². The molecule has 0 spiro atoms. The largest absolute Gasteiger partial charge is 4.00 e. The van der Waals surface area contributed by atoms with Crippen LogP contribution in [0.15, 0.2) is 0 Å². The minimum atomic E-state index is -6.56. The summed E-state index contributed by atoms with van der Waals surface area (Å²) in [4.78, 5) is 12.8. The molecule has 0 aromatic heterocycles. The quantitative estimate of drug-likeness (QED) is 0.361. The molecular weight excluding hydrogens is 598 g/mol. The first-order valence-corrected chi connectivity index (χ1v) is 13.7. The van der Waals surface area contributed by atoms with Gasteiger partial charge in [0.1, 0.15) is 0 Å². The molecule has 0 bridgehead atoms. The Morgan fingerprint density at radius 2 is 0.333 bits per heavy atom. The first kappa shape index (κ1) is 27.6. The summed E-state index contributed by atoms with van der Waals surface area (Å²) >= 11 is -13.1. The van der Waals surface area contributed by atoms with Crippen LogP contribution in [0.3, 0.4) is 0 Å². The molecule has 0 heterocycles. The van der Waals surface area contributed by atoms with Crippen LogP contribution in [0.1, 0.15) is 0 Å². The van der Waals surface area contributed by atoms with Crippen LogP contribution in [0.25, 0.3) is 0 Å². The Morgan fingerprint density at radius 1 is 0.259 bits per heavy atom. The van der Waals surface area contributed by atoms with Crippen molar-refractivity contribution in [3.05, 3.63) is 0 Å². The van der Waals surface area contributed by atoms with E-state index in [-0.39, 0.29) is 21.1 Å². The van der Waals surface area contributed by atoms with E-state index in [0.717, 1.165) is 57.4 Å². The minimum absolute atomic E-state index is 0. The molecule has 0 aliphatic rings. The molecule has 0 aromatic rings. The molecule has 0 aromatic carbocycles. The van der Waals surface area contributed by atoms with Crippen LogP contribution < -0.4 is 0 Å². The Bertz CT molecular complexity index is 882. The molecule has 0 fully saturated rings. The summed E-state index contributed by atoms with van der Waals surface area (Å²) in [7, 11) is 0. The third-order valence-corrected chi connectivity index (χ3v) is 12.4. The van der Waals surface area contributed by atoms with E-state index >= 15 is 0 Å². The molecule has 12 nitrogen and oxygen atoms in total. The molecule has 0 saturated carbocycles. The second kappa shape index (κ2) is 6.56. The zero-order chi connectivity index (χ0) is 21.3. The van der Waals surface area contributed by atoms with Crippen molar-refractivity contribution in [1.29, 1.82) is 63.1 Å². The van der Waals surface area contributed by atoms with Crippen molar-refractivity contribution in [2.24, 2.45) is 0 Å². The molecule has 15 heteroatoms. The van der Waals surface area contributed by atoms with Gasteiger partial charge in [-0.3, -0.25) is 0 Å². The summed E-state index contributed by atoms with van der Waals surface area (Å²) in [6.07, 6.45) is 0. The Balaban J connectivity index is -0.000000411. The first-order chi connectivity index (χ1) is 11.9. The molecule has 0 N–H and O–H groups in total. The normalized spacial score (nSPS) is 12.9. The fraction of sp³-hybridized carbons (Fsp3) is 0. The number of nitrogens with zero attached hydrogens (tertiary/aromatic N) is 12. The van der Waals surface area contributed by atoms with E-state index in [1.807, 2.05) is 0 Å². The fourth-order valence-electron chi connectivity index (χ4n) is 0.671. The second-order valence-electron chi connectivity index (χ2n) is 4.55. The van der Waals surface area contributed by atoms with E-state index in [2.05, 4.69) is 0 Å². The standard InChI is InChI=1S/12CN.2V.W/c12*1-2;;;/q;;;;;;;;;;;;2*-2;+4. The van der Waals surface area contributed by atoms with E-state index in [1.165, 1.54) is 0 Å². The SMILES string of the molecule is N#[C][V-2]([C]#N)([C]#N)([C]#N)([C]#N)[C]#N.N#[C][V-2]([C]#N)([C]#N)([C]#N)([C]#N)[C]#N.[W+4]. The molecule has 0 saturated heterocycles. The number of hydrogen-bond donors (Lipinski definition) is 0. The maximum absolute atomic E-state index is 8.59. The summed E-state index contributed by atoms with van der Waals surface area (Å²) in [5.74, 6) is 0. The summed E-state index contributed by atoms with van der Waals surface area (Å²) in [6, 6.07) is 0. The summed E-state index contributed by atoms with van der Waals surface area (Å²) in [5.41, 5.74) is 0. The molecule has 0 atom stereocenters. The van der Waals surface area contributed by atoms with Gasteiger partial charge >= 0.3 is 165 Å². The van der Waals surface area contributed by atoms with Crippen molar-refractivity contribution in [3.8, 4) is 57.4 Å². The van der Waals surface area contributed by atoms with Crippen LogP contribution in [0.2, 0.25) is 0 Å². The van der Waals surface area contributed by atoms with Crippen molar-refractivity contribution < 1.29 is 44.6 Å². The fourth-order valence-corrected chi connectivity index (χ4v) is 2.77. The van der Waals surface area contributed by atoms with Crippen molar-refractivity contribution in [2.45, 2.75) is 0 Å². The molecule has 0 unspecified atom stereocenters. The average Bonchev–Trinajstić information content (AvgIpc) is 2.77. The zero-order valence-electron chi connectivity index (χ0n) is 12.7. The van der Waals surface area contributed by atoms with Gasteiger partial charge in [-0.1, -0.05) is 0 Å². The van der Waals surface area contributed by atoms with Gasteiger partial charge in [-0.15, -0.1) is 0 Å². The van der Waals surface area contributed by atoms with Crippen molar-refractivity contribution in [2.75, 3.05) is 0 Å². The van der Waals surface area contributed by atoms with Gasteiger partial charge in [0.2, 0.25) is 0 Å². The molecule has 124 valence electrons. The van der Waals surface area contributed by atoms with Gasteiger partial charge in [0, 0.05) is 0 Å². The van der Waals surface area contributed by atoms with Gasteiger partial charge in [-0.25, -0.2) is 0 Å². The number of nitriles is 12. The second-order valence-corrected chi connectivity index (χ2v) is 18.8. The summed E-state index contributed by atoms with van der Waals surface area (Å²) in [5, 5.41) is 103. The van der Waals surface area contributed by atoms with Gasteiger partial charge in [0.15, 0.2) is 0 Å². The predicted octanol–water partition coefficient (Wildman–Crippen LogP) is 0.194. The smallest absolute Gasteiger partial charge is 4.00 e. The first-order valence-electron chi connectivity index (χ1n) is 5.37. The molecule has 0 rings (SSSR count). The van der Waals surface area contributed by atoms with Crippen molar-refractivity contribution >= 4 is 0 Å². The third-order valence-electron chi connectivity index (χ3n) is 3.00. The minimum Gasteiger partial charge on any atom is 4.00 e. The van der Waals surface area contributed by atoms with Gasteiger partial charge in [-0.2, -0.15) is 0 Å². The van der Waals surface area contributed by atoms with Gasteiger partial charge in [0.25, 0.3) is 0 Å². The van der Waals surface area contributed by atoms with E-state index in [9.17, 15) is 0 Å². The number of rotatable bonds is 0. The van der Waals surface area contributed by atoms with Crippen LogP contribution in [-0.2, 0) is 44.6 Å². The van der Waals surface area contributed by atoms with E-state index in [1.54, 1.807) is 0 Å². The molecular formula is C12N12V2W. The summed E-state index contributed by atoms with van der Waals surface area (Å²) < 4.78 is 0. The monoisotopic (exact) mass is 598 g/mol. The molecule has 27 heavy (non-hydrogen) atoms. The van der Waals surface area contributed by atoms with Crippen LogP contribution in [0.4, 0.5) is 0 Å². The Kier molecular flexibility index (Phi) is 6.70. The van der Waals surface area contributed by atoms with E-state index in [0.29, 0.717) is 0 Å². The Hall–Kier alpha value is -4.26. The Labute approximate surface area is 164 Å². The van der Waals surface area contributed by atoms with Crippen LogP contribution in [-0.4, -0.2) is 0 Å².